The Balaban J connectivity index is 2.11. The number of morpholine rings is 1. The summed E-state index contributed by atoms with van der Waals surface area (Å²) in [7, 11) is 0. The summed E-state index contributed by atoms with van der Waals surface area (Å²) in [5.41, 5.74) is 0. The van der Waals surface area contributed by atoms with E-state index in [0.29, 0.717) is 5.82 Å². The van der Waals surface area contributed by atoms with Crippen LogP contribution in [0.1, 0.15) is 0 Å². The maximum absolute atomic E-state index is 6.80. The van der Waals surface area contributed by atoms with E-state index in [9.17, 15) is 0 Å². The van der Waals surface area contributed by atoms with E-state index in [2.05, 4.69) is 14.7 Å². The zero-order chi connectivity index (χ0) is 9.10. The molecule has 0 spiro atoms. The molecule has 1 aromatic rings. The van der Waals surface area contributed by atoms with Crippen LogP contribution in [-0.4, -0.2) is 31.3 Å². The lowest BCUT2D eigenvalue weighted by Crippen LogP contribution is -2.36. The first kappa shape index (κ1) is 8.48. The van der Waals surface area contributed by atoms with Crippen molar-refractivity contribution < 1.29 is 4.74 Å². The molecule has 0 amide bonds. The van der Waals surface area contributed by atoms with Crippen molar-refractivity contribution in [3.63, 3.8) is 0 Å². The van der Waals surface area contributed by atoms with E-state index in [4.69, 9.17) is 11.3 Å². The van der Waals surface area contributed by atoms with Gasteiger partial charge in [-0.1, -0.05) is 22.9 Å². The Labute approximate surface area is 80.6 Å². The van der Waals surface area contributed by atoms with Gasteiger partial charge in [-0.2, -0.15) is 0 Å². The standard InChI is InChI=1S/C8H9N3OS/c1-9-7-6-13-8(10-7)11-2-4-12-5-3-11/h6H,2-5H2. The van der Waals surface area contributed by atoms with Crippen LogP contribution in [0.25, 0.3) is 4.85 Å². The molecule has 0 unspecified atom stereocenters. The van der Waals surface area contributed by atoms with Gasteiger partial charge in [-0.3, -0.25) is 0 Å². The highest BCUT2D eigenvalue weighted by Crippen LogP contribution is 2.25. The van der Waals surface area contributed by atoms with Crippen molar-refractivity contribution in [2.24, 2.45) is 0 Å². The second kappa shape index (κ2) is 3.73. The highest BCUT2D eigenvalue weighted by atomic mass is 32.1. The normalized spacial score (nSPS) is 17.0. The lowest BCUT2D eigenvalue weighted by molar-refractivity contribution is 0.122. The van der Waals surface area contributed by atoms with Crippen LogP contribution in [0.2, 0.25) is 0 Å². The number of nitrogens with zero attached hydrogens (tertiary/aromatic N) is 3. The van der Waals surface area contributed by atoms with Gasteiger partial charge in [-0.25, -0.2) is 0 Å². The van der Waals surface area contributed by atoms with Gasteiger partial charge in [0.25, 0.3) is 10.9 Å². The first-order valence-electron chi connectivity index (χ1n) is 4.06. The summed E-state index contributed by atoms with van der Waals surface area (Å²) < 4.78 is 5.23. The Bertz CT molecular complexity index is 324. The minimum Gasteiger partial charge on any atom is -0.378 e. The lowest BCUT2D eigenvalue weighted by atomic mass is 10.5. The fraction of sp³-hybridized carbons (Fsp3) is 0.500. The molecular formula is C8H9N3OS. The molecule has 2 heterocycles. The average Bonchev–Trinajstić information content (AvgIpc) is 2.67. The van der Waals surface area contributed by atoms with Gasteiger partial charge in [0.15, 0.2) is 0 Å². The van der Waals surface area contributed by atoms with E-state index in [0.717, 1.165) is 31.4 Å². The first-order chi connectivity index (χ1) is 6.40. The van der Waals surface area contributed by atoms with Crippen molar-refractivity contribution in [1.82, 2.24) is 4.98 Å². The van der Waals surface area contributed by atoms with E-state index < -0.39 is 0 Å². The Kier molecular flexibility index (Phi) is 2.43. The van der Waals surface area contributed by atoms with Crippen LogP contribution >= 0.6 is 11.3 Å². The Hall–Kier alpha value is -1.12. The second-order valence-corrected chi connectivity index (χ2v) is 3.54. The van der Waals surface area contributed by atoms with Crippen molar-refractivity contribution in [2.75, 3.05) is 31.2 Å². The minimum absolute atomic E-state index is 0.492. The van der Waals surface area contributed by atoms with E-state index >= 15 is 0 Å². The summed E-state index contributed by atoms with van der Waals surface area (Å²) in [5.74, 6) is 0.492. The summed E-state index contributed by atoms with van der Waals surface area (Å²) in [6.45, 7) is 10.1. The first-order valence-corrected chi connectivity index (χ1v) is 4.94. The zero-order valence-electron chi connectivity index (χ0n) is 7.06. The number of ether oxygens (including phenoxy) is 1. The summed E-state index contributed by atoms with van der Waals surface area (Å²) in [4.78, 5) is 9.62. The average molecular weight is 195 g/mol. The minimum atomic E-state index is 0.492. The molecule has 1 fully saturated rings. The summed E-state index contributed by atoms with van der Waals surface area (Å²) in [6.07, 6.45) is 0. The summed E-state index contributed by atoms with van der Waals surface area (Å²) in [5, 5.41) is 2.73. The number of anilines is 1. The fourth-order valence-electron chi connectivity index (χ4n) is 1.21. The highest BCUT2D eigenvalue weighted by molar-refractivity contribution is 7.14. The van der Waals surface area contributed by atoms with Gasteiger partial charge >= 0.3 is 0 Å². The SMILES string of the molecule is [C-]#[N+]c1csc(N2CCOCC2)n1. The molecule has 0 saturated carbocycles. The number of hydrogen-bond donors (Lipinski definition) is 0. The van der Waals surface area contributed by atoms with Gasteiger partial charge in [-0.05, 0) is 0 Å². The molecule has 1 saturated heterocycles. The summed E-state index contributed by atoms with van der Waals surface area (Å²) >= 11 is 1.53. The molecular weight excluding hydrogens is 186 g/mol. The molecule has 0 atom stereocenters. The number of thiazole rings is 1. The Morgan fingerprint density at radius 2 is 2.31 bits per heavy atom. The molecule has 0 N–H and O–H groups in total. The van der Waals surface area contributed by atoms with E-state index in [-0.39, 0.29) is 0 Å². The molecule has 0 bridgehead atoms. The number of aromatic nitrogens is 1. The van der Waals surface area contributed by atoms with Gasteiger partial charge in [0.1, 0.15) is 0 Å². The molecule has 2 rings (SSSR count). The molecule has 1 aliphatic rings. The quantitative estimate of drug-likeness (QED) is 0.636. The van der Waals surface area contributed by atoms with Crippen LogP contribution in [0.5, 0.6) is 0 Å². The molecule has 68 valence electrons. The molecule has 13 heavy (non-hydrogen) atoms. The Morgan fingerprint density at radius 1 is 1.54 bits per heavy atom. The maximum Gasteiger partial charge on any atom is 0.282 e. The van der Waals surface area contributed by atoms with Gasteiger partial charge in [0, 0.05) is 18.5 Å². The van der Waals surface area contributed by atoms with Crippen molar-refractivity contribution in [1.29, 1.82) is 0 Å². The third kappa shape index (κ3) is 1.79. The topological polar surface area (TPSA) is 29.7 Å². The van der Waals surface area contributed by atoms with Crippen molar-refractivity contribution in [2.45, 2.75) is 0 Å². The second-order valence-electron chi connectivity index (χ2n) is 2.70. The molecule has 0 aromatic carbocycles. The van der Waals surface area contributed by atoms with E-state index in [1.165, 1.54) is 11.3 Å². The monoisotopic (exact) mass is 195 g/mol. The lowest BCUT2D eigenvalue weighted by Gasteiger charge is -2.24. The molecule has 4 nitrogen and oxygen atoms in total. The van der Waals surface area contributed by atoms with Crippen LogP contribution in [0.4, 0.5) is 10.9 Å². The van der Waals surface area contributed by atoms with Crippen LogP contribution in [0.15, 0.2) is 5.38 Å². The maximum atomic E-state index is 6.80. The predicted octanol–water partition coefficient (Wildman–Crippen LogP) is 1.53. The predicted molar refractivity (Wildman–Crippen MR) is 51.4 cm³/mol. The molecule has 0 radical (unpaired) electrons. The van der Waals surface area contributed by atoms with E-state index in [1.807, 2.05) is 0 Å². The molecule has 1 aliphatic heterocycles. The Morgan fingerprint density at radius 3 is 2.92 bits per heavy atom. The molecule has 5 heteroatoms. The van der Waals surface area contributed by atoms with Crippen LogP contribution in [0, 0.1) is 6.57 Å². The van der Waals surface area contributed by atoms with Gasteiger partial charge in [-0.15, -0.1) is 0 Å². The third-order valence-electron chi connectivity index (χ3n) is 1.88. The van der Waals surface area contributed by atoms with Crippen LogP contribution in [-0.2, 0) is 4.74 Å². The highest BCUT2D eigenvalue weighted by Gasteiger charge is 2.16. The smallest absolute Gasteiger partial charge is 0.282 e. The summed E-state index contributed by atoms with van der Waals surface area (Å²) in [6, 6.07) is 0. The van der Waals surface area contributed by atoms with Gasteiger partial charge in [0.05, 0.1) is 13.2 Å². The third-order valence-corrected chi connectivity index (χ3v) is 2.77. The van der Waals surface area contributed by atoms with Crippen LogP contribution in [0.3, 0.4) is 0 Å². The molecule has 1 aromatic heterocycles. The fourth-order valence-corrected chi connectivity index (χ4v) is 2.00. The van der Waals surface area contributed by atoms with Crippen molar-refractivity contribution in [3.05, 3.63) is 16.8 Å². The van der Waals surface area contributed by atoms with E-state index in [1.54, 1.807) is 5.38 Å². The zero-order valence-corrected chi connectivity index (χ0v) is 7.88. The van der Waals surface area contributed by atoms with Crippen molar-refractivity contribution in [3.8, 4) is 0 Å². The number of hydrogen-bond acceptors (Lipinski definition) is 4. The largest absolute Gasteiger partial charge is 0.378 e. The van der Waals surface area contributed by atoms with Crippen molar-refractivity contribution >= 4 is 22.3 Å². The molecule has 0 aliphatic carbocycles. The number of rotatable bonds is 1. The van der Waals surface area contributed by atoms with Gasteiger partial charge in [0.2, 0.25) is 0 Å². The van der Waals surface area contributed by atoms with Crippen LogP contribution < -0.4 is 4.90 Å². The van der Waals surface area contributed by atoms with Gasteiger partial charge < -0.3 is 14.5 Å².